The molecule has 0 radical (unpaired) electrons. The smallest absolute Gasteiger partial charge is 0.338 e. The topological polar surface area (TPSA) is 97.8 Å². The van der Waals surface area contributed by atoms with Crippen molar-refractivity contribution >= 4 is 23.5 Å². The van der Waals surface area contributed by atoms with E-state index in [1.165, 1.54) is 0 Å². The van der Waals surface area contributed by atoms with E-state index in [9.17, 15) is 14.4 Å². The van der Waals surface area contributed by atoms with Crippen LogP contribution < -0.4 is 10.1 Å². The van der Waals surface area contributed by atoms with Crippen LogP contribution in [0.3, 0.4) is 0 Å². The molecule has 1 aromatic heterocycles. The number of ether oxygens (including phenoxy) is 2. The third-order valence-electron chi connectivity index (χ3n) is 5.42. The number of rotatable bonds is 8. The summed E-state index contributed by atoms with van der Waals surface area (Å²) >= 11 is 0. The molecule has 2 aromatic carbocycles. The number of anilines is 1. The van der Waals surface area contributed by atoms with Crippen molar-refractivity contribution in [3.8, 4) is 5.75 Å². The molecule has 34 heavy (non-hydrogen) atoms. The van der Waals surface area contributed by atoms with Gasteiger partial charge in [0.15, 0.2) is 6.61 Å². The molecule has 0 spiro atoms. The molecule has 4 rings (SSSR count). The predicted molar refractivity (Wildman–Crippen MR) is 126 cm³/mol. The largest absolute Gasteiger partial charge is 0.483 e. The van der Waals surface area contributed by atoms with Gasteiger partial charge in [-0.3, -0.25) is 14.6 Å². The Balaban J connectivity index is 1.36. The normalized spacial score (nSPS) is 12.6. The summed E-state index contributed by atoms with van der Waals surface area (Å²) in [6, 6.07) is 15.5. The first-order chi connectivity index (χ1) is 16.5. The van der Waals surface area contributed by atoms with Gasteiger partial charge in [0.2, 0.25) is 0 Å². The van der Waals surface area contributed by atoms with E-state index < -0.39 is 5.97 Å². The Labute approximate surface area is 197 Å². The number of amides is 2. The van der Waals surface area contributed by atoms with E-state index >= 15 is 0 Å². The number of aromatic nitrogens is 1. The van der Waals surface area contributed by atoms with Gasteiger partial charge in [-0.2, -0.15) is 0 Å². The van der Waals surface area contributed by atoms with Gasteiger partial charge in [-0.05, 0) is 61.4 Å². The highest BCUT2D eigenvalue weighted by Gasteiger charge is 2.27. The summed E-state index contributed by atoms with van der Waals surface area (Å²) in [5, 5.41) is 2.74. The zero-order valence-corrected chi connectivity index (χ0v) is 18.8. The number of fused-ring (bicyclic) bond motifs is 1. The lowest BCUT2D eigenvalue weighted by molar-refractivity contribution is -0.118. The van der Waals surface area contributed by atoms with Crippen molar-refractivity contribution in [2.75, 3.05) is 25.1 Å². The molecule has 0 aliphatic carbocycles. The second-order valence-electron chi connectivity index (χ2n) is 7.75. The van der Waals surface area contributed by atoms with Crippen LogP contribution in [0.4, 0.5) is 5.69 Å². The first-order valence-electron chi connectivity index (χ1n) is 11.0. The zero-order chi connectivity index (χ0) is 23.9. The van der Waals surface area contributed by atoms with Crippen LogP contribution in [0.25, 0.3) is 0 Å². The number of carbonyl (C=O) groups excluding carboxylic acids is 3. The van der Waals surface area contributed by atoms with Gasteiger partial charge < -0.3 is 19.7 Å². The number of nitrogens with one attached hydrogen (secondary N) is 1. The van der Waals surface area contributed by atoms with Crippen molar-refractivity contribution in [3.05, 3.63) is 89.2 Å². The Morgan fingerprint density at radius 3 is 2.65 bits per heavy atom. The molecule has 0 saturated heterocycles. The van der Waals surface area contributed by atoms with Crippen LogP contribution in [-0.4, -0.2) is 47.4 Å². The first-order valence-corrected chi connectivity index (χ1v) is 11.0. The Kier molecular flexibility index (Phi) is 7.17. The molecule has 0 bridgehead atoms. The molecule has 0 fully saturated rings. The minimum atomic E-state index is -0.411. The van der Waals surface area contributed by atoms with Crippen LogP contribution >= 0.6 is 0 Å². The Hall–Kier alpha value is -4.20. The fourth-order valence-corrected chi connectivity index (χ4v) is 3.79. The molecule has 2 heterocycles. The summed E-state index contributed by atoms with van der Waals surface area (Å²) < 4.78 is 10.7. The van der Waals surface area contributed by atoms with Crippen molar-refractivity contribution in [1.82, 2.24) is 9.88 Å². The first kappa shape index (κ1) is 23.0. The van der Waals surface area contributed by atoms with Gasteiger partial charge in [0, 0.05) is 42.3 Å². The fraction of sp³-hybridized carbons (Fsp3) is 0.231. The van der Waals surface area contributed by atoms with Crippen LogP contribution in [0, 0.1) is 0 Å². The molecule has 3 aromatic rings. The minimum absolute atomic E-state index is 0.0679. The van der Waals surface area contributed by atoms with E-state index in [0.29, 0.717) is 48.7 Å². The second-order valence-corrected chi connectivity index (χ2v) is 7.75. The lowest BCUT2D eigenvalue weighted by atomic mass is 9.97. The third-order valence-corrected chi connectivity index (χ3v) is 5.42. The zero-order valence-electron chi connectivity index (χ0n) is 18.8. The van der Waals surface area contributed by atoms with Crippen molar-refractivity contribution < 1.29 is 23.9 Å². The van der Waals surface area contributed by atoms with Gasteiger partial charge in [-0.1, -0.05) is 12.1 Å². The van der Waals surface area contributed by atoms with E-state index in [-0.39, 0.29) is 18.4 Å². The van der Waals surface area contributed by atoms with Crippen LogP contribution in [0.2, 0.25) is 0 Å². The highest BCUT2D eigenvalue weighted by atomic mass is 16.5. The fourth-order valence-electron chi connectivity index (χ4n) is 3.79. The van der Waals surface area contributed by atoms with Crippen molar-refractivity contribution in [2.45, 2.75) is 19.9 Å². The summed E-state index contributed by atoms with van der Waals surface area (Å²) in [5.74, 6) is -0.297. The standard InChI is InChI=1S/C26H25N3O5/c1-2-33-26(32)19-8-10-20(11-9-19)28-24(30)17-34-23-7-3-6-22-21(23)12-14-29(25(22)31)16-18-5-4-13-27-15-18/h3-11,13,15H,2,12,14,16-17H2,1H3,(H,28,30). The lowest BCUT2D eigenvalue weighted by Gasteiger charge is -2.29. The molecule has 1 N–H and O–H groups in total. The minimum Gasteiger partial charge on any atom is -0.483 e. The van der Waals surface area contributed by atoms with Crippen molar-refractivity contribution in [3.63, 3.8) is 0 Å². The number of benzene rings is 2. The SMILES string of the molecule is CCOC(=O)c1ccc(NC(=O)COc2cccc3c2CCN(Cc2cccnc2)C3=O)cc1. The van der Waals surface area contributed by atoms with Crippen molar-refractivity contribution in [1.29, 1.82) is 0 Å². The van der Waals surface area contributed by atoms with Crippen molar-refractivity contribution in [2.24, 2.45) is 0 Å². The summed E-state index contributed by atoms with van der Waals surface area (Å²) in [7, 11) is 0. The van der Waals surface area contributed by atoms with E-state index in [4.69, 9.17) is 9.47 Å². The quantitative estimate of drug-likeness (QED) is 0.518. The Morgan fingerprint density at radius 2 is 1.91 bits per heavy atom. The molecule has 1 aliphatic heterocycles. The average Bonchev–Trinajstić information content (AvgIpc) is 2.86. The summed E-state index contributed by atoms with van der Waals surface area (Å²) in [5.41, 5.74) is 3.31. The summed E-state index contributed by atoms with van der Waals surface area (Å²) in [6.07, 6.45) is 4.09. The van der Waals surface area contributed by atoms with Gasteiger partial charge >= 0.3 is 5.97 Å². The van der Waals surface area contributed by atoms with Gasteiger partial charge in [0.1, 0.15) is 5.75 Å². The maximum Gasteiger partial charge on any atom is 0.338 e. The van der Waals surface area contributed by atoms with Crippen LogP contribution in [-0.2, 0) is 22.5 Å². The third kappa shape index (κ3) is 5.40. The maximum atomic E-state index is 13.0. The predicted octanol–water partition coefficient (Wildman–Crippen LogP) is 3.47. The monoisotopic (exact) mass is 459 g/mol. The summed E-state index contributed by atoms with van der Waals surface area (Å²) in [4.78, 5) is 43.0. The van der Waals surface area contributed by atoms with E-state index in [1.807, 2.05) is 12.1 Å². The molecule has 8 heteroatoms. The lowest BCUT2D eigenvalue weighted by Crippen LogP contribution is -2.37. The molecular weight excluding hydrogens is 434 g/mol. The van der Waals surface area contributed by atoms with Gasteiger partial charge in [0.25, 0.3) is 11.8 Å². The molecule has 1 aliphatic rings. The van der Waals surface area contributed by atoms with Crippen LogP contribution in [0.15, 0.2) is 67.0 Å². The molecular formula is C26H25N3O5. The Morgan fingerprint density at radius 1 is 1.09 bits per heavy atom. The second kappa shape index (κ2) is 10.6. The molecule has 2 amide bonds. The molecule has 0 atom stereocenters. The van der Waals surface area contributed by atoms with Gasteiger partial charge in [0.05, 0.1) is 12.2 Å². The Bertz CT molecular complexity index is 1180. The van der Waals surface area contributed by atoms with E-state index in [2.05, 4.69) is 10.3 Å². The van der Waals surface area contributed by atoms with Gasteiger partial charge in [-0.25, -0.2) is 4.79 Å². The van der Waals surface area contributed by atoms with Crippen LogP contribution in [0.1, 0.15) is 38.8 Å². The molecule has 0 saturated carbocycles. The highest BCUT2D eigenvalue weighted by Crippen LogP contribution is 2.28. The van der Waals surface area contributed by atoms with Crippen LogP contribution in [0.5, 0.6) is 5.75 Å². The highest BCUT2D eigenvalue weighted by molar-refractivity contribution is 5.97. The summed E-state index contributed by atoms with van der Waals surface area (Å²) in [6.45, 7) is 2.88. The number of hydrogen-bond donors (Lipinski definition) is 1. The number of hydrogen-bond acceptors (Lipinski definition) is 6. The molecule has 0 unspecified atom stereocenters. The van der Waals surface area contributed by atoms with E-state index in [1.54, 1.807) is 66.7 Å². The van der Waals surface area contributed by atoms with Gasteiger partial charge in [-0.15, -0.1) is 0 Å². The maximum absolute atomic E-state index is 13.0. The van der Waals surface area contributed by atoms with E-state index in [0.717, 1.165) is 11.1 Å². The number of pyridine rings is 1. The number of carbonyl (C=O) groups is 3. The molecule has 174 valence electrons. The number of esters is 1. The number of nitrogens with zero attached hydrogens (tertiary/aromatic N) is 2. The molecule has 8 nitrogen and oxygen atoms in total. The average molecular weight is 460 g/mol.